The topological polar surface area (TPSA) is 71.6 Å². The number of hydrogen-bond donors (Lipinski definition) is 0. The van der Waals surface area contributed by atoms with E-state index in [9.17, 15) is 19.3 Å². The summed E-state index contributed by atoms with van der Waals surface area (Å²) in [5.74, 6) is -0.313. The highest BCUT2D eigenvalue weighted by atomic mass is 19.1. The number of anilines is 2. The number of aromatic nitrogens is 1. The van der Waals surface area contributed by atoms with E-state index in [0.29, 0.717) is 13.1 Å². The number of hydrogen-bond acceptors (Lipinski definition) is 5. The fraction of sp³-hybridized carbons (Fsp3) is 0.353. The van der Waals surface area contributed by atoms with Crippen molar-refractivity contribution in [2.75, 3.05) is 36.5 Å². The summed E-state index contributed by atoms with van der Waals surface area (Å²) in [6.07, 6.45) is 2.15. The first-order valence-corrected chi connectivity index (χ1v) is 8.06. The van der Waals surface area contributed by atoms with Crippen LogP contribution in [0.25, 0.3) is 0 Å². The second-order valence-electron chi connectivity index (χ2n) is 6.07. The Bertz CT molecular complexity index is 852. The van der Waals surface area contributed by atoms with Crippen molar-refractivity contribution in [1.29, 1.82) is 0 Å². The van der Waals surface area contributed by atoms with Gasteiger partial charge in [0.15, 0.2) is 0 Å². The van der Waals surface area contributed by atoms with Crippen LogP contribution in [0.15, 0.2) is 41.3 Å². The van der Waals surface area contributed by atoms with Crippen molar-refractivity contribution in [3.8, 4) is 0 Å². The van der Waals surface area contributed by atoms with Gasteiger partial charge in [-0.25, -0.2) is 4.39 Å². The third-order valence-electron chi connectivity index (χ3n) is 4.40. The lowest BCUT2D eigenvalue weighted by Gasteiger charge is -2.26. The first-order valence-electron chi connectivity index (χ1n) is 8.06. The molecule has 8 heteroatoms. The van der Waals surface area contributed by atoms with Gasteiger partial charge in [0.2, 0.25) is 0 Å². The number of fused-ring (bicyclic) bond motifs is 1. The van der Waals surface area contributed by atoms with E-state index in [1.54, 1.807) is 6.07 Å². The first kappa shape index (κ1) is 16.9. The molecule has 1 aromatic heterocycles. The summed E-state index contributed by atoms with van der Waals surface area (Å²) in [5, 5.41) is 10.9. The number of benzene rings is 1. The summed E-state index contributed by atoms with van der Waals surface area (Å²) in [7, 11) is 1.96. The van der Waals surface area contributed by atoms with Gasteiger partial charge >= 0.3 is 0 Å². The Morgan fingerprint density at radius 2 is 1.96 bits per heavy atom. The molecular weight excluding hydrogens is 327 g/mol. The molecule has 0 atom stereocenters. The van der Waals surface area contributed by atoms with E-state index in [4.69, 9.17) is 0 Å². The van der Waals surface area contributed by atoms with Gasteiger partial charge in [0.05, 0.1) is 22.5 Å². The predicted octanol–water partition coefficient (Wildman–Crippen LogP) is 2.24. The molecule has 0 radical (unpaired) electrons. The monoisotopic (exact) mass is 346 g/mol. The minimum Gasteiger partial charge on any atom is -0.373 e. The second kappa shape index (κ2) is 6.92. The number of nitro groups is 1. The molecule has 0 N–H and O–H groups in total. The third kappa shape index (κ3) is 3.62. The van der Waals surface area contributed by atoms with E-state index in [2.05, 4.69) is 4.90 Å². The molecule has 25 heavy (non-hydrogen) atoms. The average Bonchev–Trinajstić information content (AvgIpc) is 2.73. The zero-order chi connectivity index (χ0) is 18.0. The maximum atomic E-state index is 13.7. The minimum atomic E-state index is -0.526. The van der Waals surface area contributed by atoms with Gasteiger partial charge in [-0.15, -0.1) is 0 Å². The van der Waals surface area contributed by atoms with Crippen molar-refractivity contribution < 1.29 is 9.31 Å². The quantitative estimate of drug-likeness (QED) is 0.627. The van der Waals surface area contributed by atoms with Crippen molar-refractivity contribution in [3.63, 3.8) is 0 Å². The van der Waals surface area contributed by atoms with Crippen LogP contribution in [0.4, 0.5) is 21.5 Å². The zero-order valence-electron chi connectivity index (χ0n) is 13.9. The summed E-state index contributed by atoms with van der Waals surface area (Å²) in [6.45, 7) is 2.34. The van der Waals surface area contributed by atoms with Gasteiger partial charge in [0.25, 0.3) is 11.2 Å². The molecule has 2 heterocycles. The Morgan fingerprint density at radius 1 is 1.16 bits per heavy atom. The van der Waals surface area contributed by atoms with Gasteiger partial charge in [-0.3, -0.25) is 14.9 Å². The number of halogens is 1. The van der Waals surface area contributed by atoms with E-state index in [-0.39, 0.29) is 17.1 Å². The van der Waals surface area contributed by atoms with Gasteiger partial charge in [-0.2, -0.15) is 0 Å². The molecule has 132 valence electrons. The standard InChI is InChI=1S/C17H19FN4O3/c1-19-7-2-8-20(16-11-13(18)3-5-15(16)19)9-10-21-12-14(22(24)25)4-6-17(21)23/h3-6,11-12H,2,7-10H2,1H3. The lowest BCUT2D eigenvalue weighted by atomic mass is 10.2. The zero-order valence-corrected chi connectivity index (χ0v) is 13.9. The average molecular weight is 346 g/mol. The first-order chi connectivity index (χ1) is 12.0. The lowest BCUT2D eigenvalue weighted by Crippen LogP contribution is -2.31. The highest BCUT2D eigenvalue weighted by molar-refractivity contribution is 5.72. The molecule has 1 aliphatic rings. The van der Waals surface area contributed by atoms with Crippen molar-refractivity contribution in [2.45, 2.75) is 13.0 Å². The van der Waals surface area contributed by atoms with Gasteiger partial charge in [-0.1, -0.05) is 0 Å². The largest absolute Gasteiger partial charge is 0.373 e. The molecule has 0 unspecified atom stereocenters. The molecule has 0 saturated carbocycles. The molecule has 1 aliphatic heterocycles. The smallest absolute Gasteiger partial charge is 0.285 e. The molecule has 0 saturated heterocycles. The van der Waals surface area contributed by atoms with Gasteiger partial charge < -0.3 is 14.4 Å². The van der Waals surface area contributed by atoms with Crippen LogP contribution in [0.2, 0.25) is 0 Å². The lowest BCUT2D eigenvalue weighted by molar-refractivity contribution is -0.385. The molecular formula is C17H19FN4O3. The second-order valence-corrected chi connectivity index (χ2v) is 6.07. The van der Waals surface area contributed by atoms with Crippen molar-refractivity contribution in [2.24, 2.45) is 0 Å². The molecule has 7 nitrogen and oxygen atoms in total. The SMILES string of the molecule is CN1CCCN(CCn2cc([N+](=O)[O-])ccc2=O)c2cc(F)ccc21. The van der Waals surface area contributed by atoms with Crippen molar-refractivity contribution in [1.82, 2.24) is 4.57 Å². The molecule has 0 spiro atoms. The van der Waals surface area contributed by atoms with Crippen LogP contribution in [-0.2, 0) is 6.54 Å². The Morgan fingerprint density at radius 3 is 2.72 bits per heavy atom. The van der Waals surface area contributed by atoms with Crippen LogP contribution in [0.3, 0.4) is 0 Å². The Kier molecular flexibility index (Phi) is 4.69. The van der Waals surface area contributed by atoms with Crippen LogP contribution in [0.1, 0.15) is 6.42 Å². The van der Waals surface area contributed by atoms with Gasteiger partial charge in [-0.05, 0) is 24.6 Å². The summed E-state index contributed by atoms with van der Waals surface area (Å²) in [4.78, 5) is 26.4. The van der Waals surface area contributed by atoms with E-state index in [1.807, 2.05) is 11.9 Å². The van der Waals surface area contributed by atoms with Crippen LogP contribution in [0.5, 0.6) is 0 Å². The van der Waals surface area contributed by atoms with Crippen LogP contribution in [-0.4, -0.2) is 36.2 Å². The molecule has 0 amide bonds. The van der Waals surface area contributed by atoms with Gasteiger partial charge in [0.1, 0.15) is 5.82 Å². The third-order valence-corrected chi connectivity index (χ3v) is 4.40. The van der Waals surface area contributed by atoms with Crippen molar-refractivity contribution >= 4 is 17.1 Å². The van der Waals surface area contributed by atoms with E-state index >= 15 is 0 Å². The maximum Gasteiger partial charge on any atom is 0.285 e. The molecule has 0 bridgehead atoms. The minimum absolute atomic E-state index is 0.123. The fourth-order valence-electron chi connectivity index (χ4n) is 3.07. The molecule has 1 aromatic carbocycles. The Labute approximate surface area is 144 Å². The summed E-state index contributed by atoms with van der Waals surface area (Å²) < 4.78 is 15.0. The highest BCUT2D eigenvalue weighted by Crippen LogP contribution is 2.32. The normalized spacial score (nSPS) is 14.2. The summed E-state index contributed by atoms with van der Waals surface area (Å²) in [6, 6.07) is 7.08. The van der Waals surface area contributed by atoms with Crippen LogP contribution < -0.4 is 15.4 Å². The number of nitrogens with zero attached hydrogens (tertiary/aromatic N) is 4. The van der Waals surface area contributed by atoms with Crippen LogP contribution in [0, 0.1) is 15.9 Å². The molecule has 3 rings (SSSR count). The number of rotatable bonds is 4. The Hall–Kier alpha value is -2.90. The van der Waals surface area contributed by atoms with E-state index < -0.39 is 4.92 Å². The number of pyridine rings is 1. The van der Waals surface area contributed by atoms with Gasteiger partial charge in [0, 0.05) is 45.4 Å². The predicted molar refractivity (Wildman–Crippen MR) is 93.9 cm³/mol. The summed E-state index contributed by atoms with van der Waals surface area (Å²) >= 11 is 0. The van der Waals surface area contributed by atoms with Crippen molar-refractivity contribution in [3.05, 3.63) is 62.8 Å². The van der Waals surface area contributed by atoms with Crippen LogP contribution >= 0.6 is 0 Å². The molecule has 2 aromatic rings. The fourth-order valence-corrected chi connectivity index (χ4v) is 3.07. The highest BCUT2D eigenvalue weighted by Gasteiger charge is 2.19. The van der Waals surface area contributed by atoms with E-state index in [1.165, 1.54) is 35.0 Å². The maximum absolute atomic E-state index is 13.7. The molecule has 0 fully saturated rings. The van der Waals surface area contributed by atoms with E-state index in [0.717, 1.165) is 30.9 Å². The summed E-state index contributed by atoms with van der Waals surface area (Å²) in [5.41, 5.74) is 1.29. The molecule has 0 aliphatic carbocycles. The Balaban J connectivity index is 1.85.